The second-order valence-corrected chi connectivity index (χ2v) is 7.80. The number of hydrogen-bond donors (Lipinski definition) is 1. The van der Waals surface area contributed by atoms with Crippen LogP contribution in [0, 0.1) is 5.82 Å². The Balaban J connectivity index is 1.41. The van der Waals surface area contributed by atoms with E-state index in [1.54, 1.807) is 36.4 Å². The Morgan fingerprint density at radius 1 is 1.03 bits per heavy atom. The summed E-state index contributed by atoms with van der Waals surface area (Å²) in [6, 6.07) is 13.3. The summed E-state index contributed by atoms with van der Waals surface area (Å²) < 4.78 is 18.9. The van der Waals surface area contributed by atoms with E-state index in [0.29, 0.717) is 11.4 Å². The SMILES string of the molecule is O=C(COc1cccc(NC(=O)C2(c3ccc(F)cc3)CCC2)c1)N1CCCC1. The molecule has 1 aliphatic carbocycles. The highest BCUT2D eigenvalue weighted by atomic mass is 19.1. The highest BCUT2D eigenvalue weighted by Crippen LogP contribution is 2.44. The molecule has 1 saturated carbocycles. The van der Waals surface area contributed by atoms with Crippen LogP contribution in [-0.2, 0) is 15.0 Å². The van der Waals surface area contributed by atoms with E-state index in [9.17, 15) is 14.0 Å². The maximum absolute atomic E-state index is 13.3. The molecule has 2 aromatic rings. The third-order valence-electron chi connectivity index (χ3n) is 5.95. The minimum Gasteiger partial charge on any atom is -0.484 e. The molecule has 0 unspecified atom stereocenters. The largest absolute Gasteiger partial charge is 0.484 e. The molecule has 0 radical (unpaired) electrons. The lowest BCUT2D eigenvalue weighted by molar-refractivity contribution is -0.132. The Morgan fingerprint density at radius 3 is 2.41 bits per heavy atom. The molecule has 1 N–H and O–H groups in total. The van der Waals surface area contributed by atoms with Gasteiger partial charge in [-0.2, -0.15) is 0 Å². The number of amides is 2. The lowest BCUT2D eigenvalue weighted by Crippen LogP contribution is -2.46. The summed E-state index contributed by atoms with van der Waals surface area (Å²) in [5.41, 5.74) is 0.844. The van der Waals surface area contributed by atoms with E-state index in [0.717, 1.165) is 50.8 Å². The predicted octanol–water partition coefficient (Wildman–Crippen LogP) is 3.89. The molecule has 29 heavy (non-hydrogen) atoms. The third-order valence-corrected chi connectivity index (χ3v) is 5.95. The smallest absolute Gasteiger partial charge is 0.260 e. The minimum absolute atomic E-state index is 0.00306. The molecule has 0 bridgehead atoms. The van der Waals surface area contributed by atoms with Crippen molar-refractivity contribution >= 4 is 17.5 Å². The van der Waals surface area contributed by atoms with Gasteiger partial charge in [-0.25, -0.2) is 4.39 Å². The monoisotopic (exact) mass is 396 g/mol. The first-order chi connectivity index (χ1) is 14.1. The van der Waals surface area contributed by atoms with Gasteiger partial charge in [0, 0.05) is 24.8 Å². The Kier molecular flexibility index (Phi) is 5.51. The Morgan fingerprint density at radius 2 is 1.76 bits per heavy atom. The van der Waals surface area contributed by atoms with E-state index >= 15 is 0 Å². The second-order valence-electron chi connectivity index (χ2n) is 7.80. The van der Waals surface area contributed by atoms with Crippen molar-refractivity contribution in [2.75, 3.05) is 25.0 Å². The molecular formula is C23H25FN2O3. The molecule has 0 atom stereocenters. The summed E-state index contributed by atoms with van der Waals surface area (Å²) in [5, 5.41) is 2.97. The molecule has 2 amide bonds. The van der Waals surface area contributed by atoms with Gasteiger partial charge in [0.1, 0.15) is 11.6 Å². The number of halogens is 1. The van der Waals surface area contributed by atoms with Crippen LogP contribution in [0.5, 0.6) is 5.75 Å². The van der Waals surface area contributed by atoms with Crippen LogP contribution in [-0.4, -0.2) is 36.4 Å². The molecular weight excluding hydrogens is 371 g/mol. The quantitative estimate of drug-likeness (QED) is 0.806. The van der Waals surface area contributed by atoms with Gasteiger partial charge in [-0.15, -0.1) is 0 Å². The summed E-state index contributed by atoms with van der Waals surface area (Å²) >= 11 is 0. The van der Waals surface area contributed by atoms with Crippen LogP contribution in [0.1, 0.15) is 37.7 Å². The third kappa shape index (κ3) is 4.11. The first-order valence-electron chi connectivity index (χ1n) is 10.1. The van der Waals surface area contributed by atoms with E-state index < -0.39 is 5.41 Å². The van der Waals surface area contributed by atoms with Crippen LogP contribution >= 0.6 is 0 Å². The zero-order valence-corrected chi connectivity index (χ0v) is 16.3. The molecule has 1 saturated heterocycles. The first-order valence-corrected chi connectivity index (χ1v) is 10.1. The van der Waals surface area contributed by atoms with Gasteiger partial charge in [-0.1, -0.05) is 24.6 Å². The van der Waals surface area contributed by atoms with Crippen LogP contribution in [0.2, 0.25) is 0 Å². The number of hydrogen-bond acceptors (Lipinski definition) is 3. The number of nitrogens with zero attached hydrogens (tertiary/aromatic N) is 1. The fourth-order valence-corrected chi connectivity index (χ4v) is 4.06. The number of rotatable bonds is 6. The molecule has 4 rings (SSSR count). The number of ether oxygens (including phenoxy) is 1. The van der Waals surface area contributed by atoms with Gasteiger partial charge in [0.25, 0.3) is 5.91 Å². The van der Waals surface area contributed by atoms with Gasteiger partial charge in [-0.3, -0.25) is 9.59 Å². The number of anilines is 1. The van der Waals surface area contributed by atoms with Crippen LogP contribution in [0.3, 0.4) is 0 Å². The van der Waals surface area contributed by atoms with Crippen molar-refractivity contribution < 1.29 is 18.7 Å². The summed E-state index contributed by atoms with van der Waals surface area (Å²) in [4.78, 5) is 27.0. The zero-order chi connectivity index (χ0) is 20.3. The Hall–Kier alpha value is -2.89. The number of carbonyl (C=O) groups is 2. The molecule has 1 heterocycles. The van der Waals surface area contributed by atoms with Gasteiger partial charge >= 0.3 is 0 Å². The van der Waals surface area contributed by atoms with Crippen LogP contribution in [0.25, 0.3) is 0 Å². The van der Waals surface area contributed by atoms with Crippen molar-refractivity contribution in [2.45, 2.75) is 37.5 Å². The van der Waals surface area contributed by atoms with Crippen molar-refractivity contribution in [3.8, 4) is 5.75 Å². The fourth-order valence-electron chi connectivity index (χ4n) is 4.06. The highest BCUT2D eigenvalue weighted by molar-refractivity contribution is 6.00. The topological polar surface area (TPSA) is 58.6 Å². The van der Waals surface area contributed by atoms with Crippen LogP contribution in [0.15, 0.2) is 48.5 Å². The van der Waals surface area contributed by atoms with E-state index in [4.69, 9.17) is 4.74 Å². The molecule has 2 aromatic carbocycles. The van der Waals surface area contributed by atoms with Crippen molar-refractivity contribution in [3.63, 3.8) is 0 Å². The Bertz CT molecular complexity index is 887. The van der Waals surface area contributed by atoms with Gasteiger partial charge in [0.05, 0.1) is 5.41 Å². The van der Waals surface area contributed by atoms with E-state index in [1.807, 2.05) is 4.90 Å². The predicted molar refractivity (Wildman–Crippen MR) is 108 cm³/mol. The van der Waals surface area contributed by atoms with Crippen LogP contribution < -0.4 is 10.1 Å². The summed E-state index contributed by atoms with van der Waals surface area (Å²) in [7, 11) is 0. The van der Waals surface area contributed by atoms with Crippen LogP contribution in [0.4, 0.5) is 10.1 Å². The number of nitrogens with one attached hydrogen (secondary N) is 1. The molecule has 2 aliphatic rings. The summed E-state index contributed by atoms with van der Waals surface area (Å²) in [6.45, 7) is 1.59. The molecule has 152 valence electrons. The van der Waals surface area contributed by atoms with Crippen molar-refractivity contribution in [2.24, 2.45) is 0 Å². The van der Waals surface area contributed by atoms with Crippen molar-refractivity contribution in [1.82, 2.24) is 4.90 Å². The lowest BCUT2D eigenvalue weighted by Gasteiger charge is -2.40. The van der Waals surface area contributed by atoms with Crippen molar-refractivity contribution in [3.05, 3.63) is 59.9 Å². The van der Waals surface area contributed by atoms with Crippen molar-refractivity contribution in [1.29, 1.82) is 0 Å². The van der Waals surface area contributed by atoms with Gasteiger partial charge in [0.2, 0.25) is 5.91 Å². The normalized spacial score (nSPS) is 17.5. The van der Waals surface area contributed by atoms with Gasteiger partial charge < -0.3 is 15.0 Å². The zero-order valence-electron chi connectivity index (χ0n) is 16.3. The minimum atomic E-state index is -0.615. The maximum atomic E-state index is 13.3. The average Bonchev–Trinajstić information content (AvgIpc) is 3.22. The average molecular weight is 396 g/mol. The van der Waals surface area contributed by atoms with Gasteiger partial charge in [0.15, 0.2) is 6.61 Å². The highest BCUT2D eigenvalue weighted by Gasteiger charge is 2.45. The fraction of sp³-hybridized carbons (Fsp3) is 0.391. The second kappa shape index (κ2) is 8.23. The molecule has 1 aliphatic heterocycles. The van der Waals surface area contributed by atoms with E-state index in [-0.39, 0.29) is 24.2 Å². The standard InChI is InChI=1S/C23H25FN2O3/c24-18-9-7-17(8-10-18)23(11-4-12-23)22(28)25-19-5-3-6-20(15-19)29-16-21(27)26-13-1-2-14-26/h3,5-10,15H,1-2,4,11-14,16H2,(H,25,28). The summed E-state index contributed by atoms with van der Waals surface area (Å²) in [6.07, 6.45) is 4.54. The number of benzene rings is 2. The first kappa shape index (κ1) is 19.4. The molecule has 0 spiro atoms. The Labute approximate surface area is 169 Å². The number of likely N-dealkylation sites (tertiary alicyclic amines) is 1. The van der Waals surface area contributed by atoms with Gasteiger partial charge in [-0.05, 0) is 55.5 Å². The number of carbonyl (C=O) groups excluding carboxylic acids is 2. The molecule has 0 aromatic heterocycles. The van der Waals surface area contributed by atoms with E-state index in [1.165, 1.54) is 12.1 Å². The molecule has 2 fully saturated rings. The molecule has 6 heteroatoms. The molecule has 5 nitrogen and oxygen atoms in total. The summed E-state index contributed by atoms with van der Waals surface area (Å²) in [5.74, 6) is 0.124. The maximum Gasteiger partial charge on any atom is 0.260 e. The lowest BCUT2D eigenvalue weighted by atomic mass is 9.64. The van der Waals surface area contributed by atoms with E-state index in [2.05, 4.69) is 5.32 Å².